The van der Waals surface area contributed by atoms with Crippen molar-refractivity contribution in [3.8, 4) is 0 Å². The highest BCUT2D eigenvalue weighted by Gasteiger charge is 2.33. The van der Waals surface area contributed by atoms with Crippen LogP contribution in [0.15, 0.2) is 230 Å². The Morgan fingerprint density at radius 3 is 0.655 bits per heavy atom. The minimum atomic E-state index is 1.13. The maximum absolute atomic E-state index is 2.38. The van der Waals surface area contributed by atoms with Gasteiger partial charge in [0.25, 0.3) is 0 Å². The summed E-state index contributed by atoms with van der Waals surface area (Å²) in [5.41, 5.74) is 16.1. The smallest absolute Gasteiger partial charge is 0.0505 e. The fourth-order valence-electron chi connectivity index (χ4n) is 8.23. The van der Waals surface area contributed by atoms with Crippen LogP contribution in [0.25, 0.3) is 34.2 Å². The van der Waals surface area contributed by atoms with E-state index >= 15 is 0 Å². The van der Waals surface area contributed by atoms with Crippen LogP contribution in [0.4, 0.5) is 0 Å². The van der Waals surface area contributed by atoms with Gasteiger partial charge < -0.3 is 14.7 Å². The highest BCUT2D eigenvalue weighted by atomic mass is 15.1. The monoisotopic (exact) mass is 747 g/mol. The predicted octanol–water partition coefficient (Wildman–Crippen LogP) is 12.5. The average molecular weight is 748 g/mol. The first kappa shape index (κ1) is 36.5. The number of hydrogen-bond donors (Lipinski definition) is 0. The van der Waals surface area contributed by atoms with Gasteiger partial charge in [0, 0.05) is 55.3 Å². The first-order valence-corrected chi connectivity index (χ1v) is 19.9. The van der Waals surface area contributed by atoms with E-state index in [0.717, 1.165) is 90.5 Å². The van der Waals surface area contributed by atoms with Gasteiger partial charge in [0.15, 0.2) is 0 Å². The lowest BCUT2D eigenvalue weighted by Gasteiger charge is -2.37. The van der Waals surface area contributed by atoms with Crippen LogP contribution in [0, 0.1) is 11.8 Å². The lowest BCUT2D eigenvalue weighted by molar-refractivity contribution is 0.670. The molecule has 0 saturated heterocycles. The second-order valence-electron chi connectivity index (χ2n) is 14.8. The molecule has 9 rings (SSSR count). The van der Waals surface area contributed by atoms with Crippen LogP contribution in [0.2, 0.25) is 0 Å². The molecule has 0 spiro atoms. The molecule has 0 aliphatic carbocycles. The van der Waals surface area contributed by atoms with Crippen LogP contribution in [-0.2, 0) is 0 Å². The molecule has 0 bridgehead atoms. The second-order valence-corrected chi connectivity index (χ2v) is 14.8. The van der Waals surface area contributed by atoms with Crippen molar-refractivity contribution in [2.24, 2.45) is 0 Å². The molecular weight excluding hydrogens is 703 g/mol. The minimum absolute atomic E-state index is 1.13. The van der Waals surface area contributed by atoms with Gasteiger partial charge in [-0.1, -0.05) is 182 Å². The first-order chi connectivity index (χ1) is 28.5. The Kier molecular flexibility index (Phi) is 10.2. The maximum Gasteiger partial charge on any atom is 0.0505 e. The van der Waals surface area contributed by atoms with Crippen LogP contribution in [-0.4, -0.2) is 35.8 Å². The minimum Gasteiger partial charge on any atom is -0.344 e. The predicted molar refractivity (Wildman–Crippen MR) is 243 cm³/mol. The Morgan fingerprint density at radius 1 is 0.259 bits per heavy atom. The van der Waals surface area contributed by atoms with E-state index in [0.29, 0.717) is 0 Å². The normalized spacial score (nSPS) is 16.2. The van der Waals surface area contributed by atoms with Crippen molar-refractivity contribution in [1.82, 2.24) is 14.7 Å². The topological polar surface area (TPSA) is 9.72 Å². The summed E-state index contributed by atoms with van der Waals surface area (Å²) in [5, 5.41) is 0. The summed E-state index contributed by atoms with van der Waals surface area (Å²) < 4.78 is 0. The quantitative estimate of drug-likeness (QED) is 0.154. The molecule has 0 atom stereocenters. The SMILES string of the molecule is CN1C(c2ccccc2)=C[C](C([C]2C=C(c3ccccc3)N(C)C(c3ccccc3)=C2)=C2C=C(c3ccccc3)N(C)C(c3ccccc3)=C2)C=C1c1ccccc1. The van der Waals surface area contributed by atoms with E-state index < -0.39 is 0 Å². The van der Waals surface area contributed by atoms with E-state index in [2.05, 4.69) is 254 Å². The van der Waals surface area contributed by atoms with Gasteiger partial charge in [-0.2, -0.15) is 0 Å². The molecule has 2 radical (unpaired) electrons. The summed E-state index contributed by atoms with van der Waals surface area (Å²) in [6.07, 6.45) is 14.3. The molecule has 0 amide bonds. The number of allylic oxidation sites excluding steroid dienone is 8. The van der Waals surface area contributed by atoms with Crippen molar-refractivity contribution < 1.29 is 0 Å². The van der Waals surface area contributed by atoms with Crippen LogP contribution in [0.5, 0.6) is 0 Å². The molecule has 0 saturated carbocycles. The summed E-state index contributed by atoms with van der Waals surface area (Å²) in [7, 11) is 6.55. The zero-order valence-electron chi connectivity index (χ0n) is 33.1. The van der Waals surface area contributed by atoms with Gasteiger partial charge in [-0.3, -0.25) is 0 Å². The highest BCUT2D eigenvalue weighted by molar-refractivity contribution is 5.91. The van der Waals surface area contributed by atoms with E-state index in [1.54, 1.807) is 0 Å². The summed E-state index contributed by atoms with van der Waals surface area (Å²) in [6.45, 7) is 0. The molecule has 3 aliphatic heterocycles. The molecule has 3 nitrogen and oxygen atoms in total. The van der Waals surface area contributed by atoms with Gasteiger partial charge >= 0.3 is 0 Å². The number of nitrogens with zero attached hydrogens (tertiary/aromatic N) is 3. The molecule has 6 aromatic rings. The van der Waals surface area contributed by atoms with Gasteiger partial charge in [0.2, 0.25) is 0 Å². The Bertz CT molecular complexity index is 2320. The Labute approximate surface area is 343 Å². The Hall–Kier alpha value is -7.10. The third kappa shape index (κ3) is 7.19. The third-order valence-corrected chi connectivity index (χ3v) is 11.2. The van der Waals surface area contributed by atoms with Gasteiger partial charge in [0.1, 0.15) is 0 Å². The van der Waals surface area contributed by atoms with Crippen LogP contribution in [0.3, 0.4) is 0 Å². The molecule has 0 unspecified atom stereocenters. The van der Waals surface area contributed by atoms with E-state index in [4.69, 9.17) is 0 Å². The third-order valence-electron chi connectivity index (χ3n) is 11.2. The lowest BCUT2D eigenvalue weighted by Crippen LogP contribution is -2.25. The van der Waals surface area contributed by atoms with E-state index in [9.17, 15) is 0 Å². The standard InChI is InChI=1S/C55H45N3/c1-56-49(40-22-10-4-11-23-40)34-46(35-50(56)41-24-12-5-13-25-41)55(47-36-51(42-26-14-6-15-27-42)57(2)52(37-47)43-28-16-7-17-29-43)48-38-53(44-30-18-8-19-31-44)58(3)54(39-48)45-32-20-9-21-33-45/h4-39H,1-3H3. The number of benzene rings is 6. The summed E-state index contributed by atoms with van der Waals surface area (Å²) in [6, 6.07) is 64.5. The van der Waals surface area contributed by atoms with Crippen LogP contribution < -0.4 is 0 Å². The summed E-state index contributed by atoms with van der Waals surface area (Å²) in [4.78, 5) is 6.99. The molecule has 3 heteroatoms. The van der Waals surface area contributed by atoms with Gasteiger partial charge in [-0.05, 0) is 81.0 Å². The van der Waals surface area contributed by atoms with Crippen molar-refractivity contribution in [2.45, 2.75) is 0 Å². The van der Waals surface area contributed by atoms with Crippen molar-refractivity contribution >= 4 is 34.2 Å². The Morgan fingerprint density at radius 2 is 0.448 bits per heavy atom. The summed E-state index contributed by atoms with van der Waals surface area (Å²) in [5.74, 6) is 2.27. The van der Waals surface area contributed by atoms with E-state index in [1.165, 1.54) is 0 Å². The second kappa shape index (κ2) is 16.2. The molecule has 0 N–H and O–H groups in total. The van der Waals surface area contributed by atoms with Gasteiger partial charge in [-0.25, -0.2) is 0 Å². The molecule has 6 aromatic carbocycles. The average Bonchev–Trinajstić information content (AvgIpc) is 3.29. The Balaban J connectivity index is 1.37. The number of rotatable bonds is 8. The molecule has 0 aromatic heterocycles. The maximum atomic E-state index is 2.38. The molecule has 280 valence electrons. The lowest BCUT2D eigenvalue weighted by atomic mass is 9.77. The molecular formula is C55H45N3. The molecule has 3 aliphatic rings. The molecule has 3 heterocycles. The molecule has 0 fully saturated rings. The van der Waals surface area contributed by atoms with Gasteiger partial charge in [-0.15, -0.1) is 0 Å². The van der Waals surface area contributed by atoms with Crippen LogP contribution >= 0.6 is 0 Å². The van der Waals surface area contributed by atoms with Crippen LogP contribution in [0.1, 0.15) is 33.4 Å². The first-order valence-electron chi connectivity index (χ1n) is 19.9. The zero-order chi connectivity index (χ0) is 39.4. The van der Waals surface area contributed by atoms with E-state index in [-0.39, 0.29) is 0 Å². The fourth-order valence-corrected chi connectivity index (χ4v) is 8.23. The zero-order valence-corrected chi connectivity index (χ0v) is 33.1. The largest absolute Gasteiger partial charge is 0.344 e. The van der Waals surface area contributed by atoms with Crippen molar-refractivity contribution in [3.63, 3.8) is 0 Å². The fraction of sp³-hybridized carbons (Fsp3) is 0.0545. The summed E-state index contributed by atoms with van der Waals surface area (Å²) >= 11 is 0. The van der Waals surface area contributed by atoms with E-state index in [1.807, 2.05) is 0 Å². The van der Waals surface area contributed by atoms with Crippen molar-refractivity contribution in [3.05, 3.63) is 275 Å². The van der Waals surface area contributed by atoms with Crippen molar-refractivity contribution in [2.75, 3.05) is 21.1 Å². The highest BCUT2D eigenvalue weighted by Crippen LogP contribution is 2.47. The number of hydrogen-bond acceptors (Lipinski definition) is 3. The molecule has 58 heavy (non-hydrogen) atoms. The van der Waals surface area contributed by atoms with Crippen molar-refractivity contribution in [1.29, 1.82) is 0 Å². The van der Waals surface area contributed by atoms with Gasteiger partial charge in [0.05, 0.1) is 11.8 Å².